The van der Waals surface area contributed by atoms with Gasteiger partial charge in [0.15, 0.2) is 10.7 Å². The Morgan fingerprint density at radius 2 is 1.71 bits per heavy atom. The monoisotopic (exact) mass is 341 g/mol. The first-order chi connectivity index (χ1) is 11.6. The van der Waals surface area contributed by atoms with Crippen LogP contribution in [-0.2, 0) is 27.2 Å². The smallest absolute Gasteiger partial charge is 0.233 e. The molecule has 0 spiro atoms. The van der Waals surface area contributed by atoms with Crippen molar-refractivity contribution in [2.45, 2.75) is 29.5 Å². The van der Waals surface area contributed by atoms with Gasteiger partial charge in [-0.1, -0.05) is 48.5 Å². The molecule has 0 radical (unpaired) electrons. The van der Waals surface area contributed by atoms with Gasteiger partial charge in [0.1, 0.15) is 0 Å². The van der Waals surface area contributed by atoms with Crippen molar-refractivity contribution in [3.63, 3.8) is 0 Å². The molecule has 1 fully saturated rings. The fraction of sp³-hybridized carbons (Fsp3) is 0.263. The summed E-state index contributed by atoms with van der Waals surface area (Å²) in [5, 5.41) is -0.388. The first kappa shape index (κ1) is 16.7. The van der Waals surface area contributed by atoms with Gasteiger partial charge < -0.3 is 4.55 Å². The zero-order valence-electron chi connectivity index (χ0n) is 13.3. The van der Waals surface area contributed by atoms with Crippen LogP contribution in [0.5, 0.6) is 0 Å². The number of β-lactam (4-membered cyclic amide) rings is 1. The second-order valence-corrected chi connectivity index (χ2v) is 7.43. The van der Waals surface area contributed by atoms with Crippen molar-refractivity contribution in [3.05, 3.63) is 66.2 Å². The van der Waals surface area contributed by atoms with E-state index in [4.69, 9.17) is 0 Å². The zero-order chi connectivity index (χ0) is 16.9. The molecule has 24 heavy (non-hydrogen) atoms. The van der Waals surface area contributed by atoms with Crippen LogP contribution in [0.1, 0.15) is 18.4 Å². The first-order valence-corrected chi connectivity index (χ1v) is 9.17. The Kier molecular flexibility index (Phi) is 5.33. The fourth-order valence-corrected chi connectivity index (χ4v) is 4.17. The minimum absolute atomic E-state index is 0.00182. The van der Waals surface area contributed by atoms with E-state index in [1.165, 1.54) is 4.90 Å². The van der Waals surface area contributed by atoms with E-state index < -0.39 is 11.2 Å². The Bertz CT molecular complexity index is 705. The minimum atomic E-state index is -1.30. The number of carbonyl (C=O) groups excluding carboxylic acids is 2. The topological polar surface area (TPSA) is 60.4 Å². The highest BCUT2D eigenvalue weighted by atomic mass is 32.2. The van der Waals surface area contributed by atoms with E-state index >= 15 is 0 Å². The van der Waals surface area contributed by atoms with Gasteiger partial charge in [-0.25, -0.2) is 0 Å². The largest absolute Gasteiger partial charge is 0.610 e. The lowest BCUT2D eigenvalue weighted by Gasteiger charge is -2.39. The van der Waals surface area contributed by atoms with Crippen molar-refractivity contribution in [2.75, 3.05) is 6.54 Å². The molecule has 5 heteroatoms. The van der Waals surface area contributed by atoms with E-state index in [9.17, 15) is 14.1 Å². The van der Waals surface area contributed by atoms with Gasteiger partial charge >= 0.3 is 0 Å². The first-order valence-electron chi connectivity index (χ1n) is 7.96. The fourth-order valence-electron chi connectivity index (χ4n) is 2.72. The third kappa shape index (κ3) is 3.86. The Morgan fingerprint density at radius 3 is 2.33 bits per heavy atom. The molecule has 3 rings (SSSR count). The van der Waals surface area contributed by atoms with Gasteiger partial charge in [0.25, 0.3) is 0 Å². The van der Waals surface area contributed by atoms with E-state index in [0.717, 1.165) is 5.56 Å². The van der Waals surface area contributed by atoms with E-state index in [0.29, 0.717) is 17.7 Å². The molecule has 4 nitrogen and oxygen atoms in total. The predicted octanol–water partition coefficient (Wildman–Crippen LogP) is 2.55. The number of hydrogen-bond donors (Lipinski definition) is 0. The van der Waals surface area contributed by atoms with Crippen molar-refractivity contribution < 1.29 is 14.1 Å². The highest BCUT2D eigenvalue weighted by Crippen LogP contribution is 2.29. The summed E-state index contributed by atoms with van der Waals surface area (Å²) in [6.45, 7) is 0.0505. The van der Waals surface area contributed by atoms with Gasteiger partial charge in [-0.05, 0) is 24.1 Å². The number of benzene rings is 2. The maximum Gasteiger partial charge on any atom is 0.233 e. The molecule has 0 N–H and O–H groups in total. The Balaban J connectivity index is 1.55. The molecule has 0 bridgehead atoms. The van der Waals surface area contributed by atoms with Crippen LogP contribution in [0.3, 0.4) is 0 Å². The van der Waals surface area contributed by atoms with Crippen molar-refractivity contribution in [2.24, 2.45) is 0 Å². The molecular formula is C19H19NO3S. The molecule has 0 saturated carbocycles. The third-order valence-electron chi connectivity index (χ3n) is 4.12. The lowest BCUT2D eigenvalue weighted by molar-refractivity contribution is -0.145. The van der Waals surface area contributed by atoms with Crippen LogP contribution in [0.25, 0.3) is 0 Å². The Morgan fingerprint density at radius 1 is 1.08 bits per heavy atom. The summed E-state index contributed by atoms with van der Waals surface area (Å²) in [5.74, 6) is -0.0979. The molecule has 1 aliphatic heterocycles. The molecule has 1 saturated heterocycles. The summed E-state index contributed by atoms with van der Waals surface area (Å²) in [7, 11) is 0. The summed E-state index contributed by atoms with van der Waals surface area (Å²) in [4.78, 5) is 26.1. The second kappa shape index (κ2) is 7.64. The lowest BCUT2D eigenvalue weighted by Crippen LogP contribution is -2.57. The summed E-state index contributed by atoms with van der Waals surface area (Å²) < 4.78 is 12.5. The zero-order valence-corrected chi connectivity index (χ0v) is 14.1. The molecule has 0 aromatic heterocycles. The second-order valence-electron chi connectivity index (χ2n) is 5.82. The van der Waals surface area contributed by atoms with Gasteiger partial charge in [0.05, 0.1) is 13.0 Å². The number of ketones is 1. The highest BCUT2D eigenvalue weighted by Gasteiger charge is 2.45. The molecular weight excluding hydrogens is 322 g/mol. The molecule has 1 aliphatic rings. The molecule has 2 atom stereocenters. The van der Waals surface area contributed by atoms with Gasteiger partial charge in [-0.2, -0.15) is 0 Å². The number of aryl methyl sites for hydroxylation is 1. The van der Waals surface area contributed by atoms with Gasteiger partial charge in [0.2, 0.25) is 11.3 Å². The predicted molar refractivity (Wildman–Crippen MR) is 92.7 cm³/mol. The molecule has 1 heterocycles. The van der Waals surface area contributed by atoms with Crippen molar-refractivity contribution in [1.29, 1.82) is 0 Å². The van der Waals surface area contributed by atoms with E-state index in [1.807, 2.05) is 48.5 Å². The highest BCUT2D eigenvalue weighted by molar-refractivity contribution is 7.92. The Hall–Kier alpha value is -2.11. The minimum Gasteiger partial charge on any atom is -0.610 e. The van der Waals surface area contributed by atoms with Crippen LogP contribution in [0.15, 0.2) is 65.6 Å². The number of amides is 1. The quantitative estimate of drug-likeness (QED) is 0.574. The van der Waals surface area contributed by atoms with Gasteiger partial charge in [0, 0.05) is 17.6 Å². The number of likely N-dealkylation sites (tertiary alicyclic amines) is 1. The summed E-state index contributed by atoms with van der Waals surface area (Å²) in [5.41, 5.74) is 1.10. The van der Waals surface area contributed by atoms with E-state index in [-0.39, 0.29) is 30.0 Å². The summed E-state index contributed by atoms with van der Waals surface area (Å²) in [6, 6.07) is 18.9. The number of carbonyl (C=O) groups is 2. The van der Waals surface area contributed by atoms with E-state index in [2.05, 4.69) is 0 Å². The summed E-state index contributed by atoms with van der Waals surface area (Å²) in [6.07, 6.45) is 1.29. The standard InChI is InChI=1S/C19H19NO3S/c21-16(12-11-15-7-3-1-4-8-15)14-20-18(22)13-19(20)24(23)17-9-5-2-6-10-17/h1-10,19H,11-14H2. The summed E-state index contributed by atoms with van der Waals surface area (Å²) >= 11 is -1.30. The van der Waals surface area contributed by atoms with E-state index in [1.54, 1.807) is 12.1 Å². The molecule has 0 aliphatic carbocycles. The number of rotatable bonds is 7. The third-order valence-corrected chi connectivity index (χ3v) is 5.77. The van der Waals surface area contributed by atoms with Crippen LogP contribution < -0.4 is 0 Å². The lowest BCUT2D eigenvalue weighted by atomic mass is 10.1. The number of nitrogens with zero attached hydrogens (tertiary/aromatic N) is 1. The number of Topliss-reactive ketones (excluding diaryl/α,β-unsaturated/α-hetero) is 1. The van der Waals surface area contributed by atoms with Crippen molar-refractivity contribution in [3.8, 4) is 0 Å². The van der Waals surface area contributed by atoms with Gasteiger partial charge in [-0.3, -0.25) is 14.5 Å². The van der Waals surface area contributed by atoms with Crippen LogP contribution in [0.4, 0.5) is 0 Å². The number of hydrogen-bond acceptors (Lipinski definition) is 3. The average molecular weight is 341 g/mol. The SMILES string of the molecule is O=C(CCc1ccccc1)CN1C(=O)CC1[S+]([O-])c1ccccc1. The van der Waals surface area contributed by atoms with Crippen LogP contribution in [0.2, 0.25) is 0 Å². The maximum atomic E-state index is 12.5. The normalized spacial score (nSPS) is 18.1. The average Bonchev–Trinajstić information content (AvgIpc) is 2.63. The molecule has 2 aromatic rings. The molecule has 1 amide bonds. The molecule has 2 unspecified atom stereocenters. The van der Waals surface area contributed by atoms with Gasteiger partial charge in [-0.15, -0.1) is 0 Å². The Labute approximate surface area is 144 Å². The molecule has 124 valence electrons. The molecule has 2 aromatic carbocycles. The van der Waals surface area contributed by atoms with Crippen LogP contribution in [-0.4, -0.2) is 33.1 Å². The van der Waals surface area contributed by atoms with Crippen LogP contribution in [0, 0.1) is 0 Å². The van der Waals surface area contributed by atoms with Crippen molar-refractivity contribution in [1.82, 2.24) is 4.90 Å². The van der Waals surface area contributed by atoms with Crippen LogP contribution >= 0.6 is 0 Å². The van der Waals surface area contributed by atoms with Crippen molar-refractivity contribution >= 4 is 22.9 Å². The maximum absolute atomic E-state index is 12.5.